The minimum absolute atomic E-state index is 0.00766. The average Bonchev–Trinajstić information content (AvgIpc) is 2.41. The molecule has 1 aliphatic rings. The second-order valence-corrected chi connectivity index (χ2v) is 5.74. The summed E-state index contributed by atoms with van der Waals surface area (Å²) in [7, 11) is 0. The SMILES string of the molecule is O=C(O)[C@@H]1CCCN(C(=O)Cc2ccc(Br)cc2)C1. The molecule has 0 radical (unpaired) electrons. The van der Waals surface area contributed by atoms with E-state index in [1.54, 1.807) is 4.90 Å². The Kier molecular flexibility index (Phi) is 4.58. The maximum atomic E-state index is 12.1. The van der Waals surface area contributed by atoms with Gasteiger partial charge in [-0.3, -0.25) is 9.59 Å². The number of aliphatic carboxylic acids is 1. The van der Waals surface area contributed by atoms with Crippen molar-refractivity contribution in [1.82, 2.24) is 4.90 Å². The fraction of sp³-hybridized carbons (Fsp3) is 0.429. The fourth-order valence-corrected chi connectivity index (χ4v) is 2.56. The van der Waals surface area contributed by atoms with E-state index < -0.39 is 11.9 Å². The van der Waals surface area contributed by atoms with Crippen molar-refractivity contribution in [2.75, 3.05) is 13.1 Å². The van der Waals surface area contributed by atoms with E-state index in [-0.39, 0.29) is 5.91 Å². The third kappa shape index (κ3) is 3.80. The lowest BCUT2D eigenvalue weighted by Crippen LogP contribution is -2.42. The van der Waals surface area contributed by atoms with Crippen LogP contribution in [0.3, 0.4) is 0 Å². The summed E-state index contributed by atoms with van der Waals surface area (Å²) in [5.74, 6) is -1.21. The van der Waals surface area contributed by atoms with Crippen molar-refractivity contribution in [3.05, 3.63) is 34.3 Å². The molecule has 0 unspecified atom stereocenters. The lowest BCUT2D eigenvalue weighted by molar-refractivity contribution is -0.145. The number of carboxylic acids is 1. The van der Waals surface area contributed by atoms with Crippen LogP contribution in [0.5, 0.6) is 0 Å². The van der Waals surface area contributed by atoms with Crippen LogP contribution in [0, 0.1) is 5.92 Å². The van der Waals surface area contributed by atoms with Gasteiger partial charge in [-0.05, 0) is 30.5 Å². The zero-order valence-electron chi connectivity index (χ0n) is 10.5. The van der Waals surface area contributed by atoms with Gasteiger partial charge in [0.05, 0.1) is 12.3 Å². The Hall–Kier alpha value is -1.36. The number of hydrogen-bond donors (Lipinski definition) is 1. The molecule has 1 aliphatic heterocycles. The third-order valence-electron chi connectivity index (χ3n) is 3.39. The Morgan fingerprint density at radius 3 is 2.63 bits per heavy atom. The summed E-state index contributed by atoms with van der Waals surface area (Å²) in [6.07, 6.45) is 1.76. The van der Waals surface area contributed by atoms with Gasteiger partial charge in [-0.25, -0.2) is 0 Å². The highest BCUT2D eigenvalue weighted by Crippen LogP contribution is 2.18. The maximum Gasteiger partial charge on any atom is 0.308 e. The van der Waals surface area contributed by atoms with E-state index in [1.165, 1.54) is 0 Å². The second kappa shape index (κ2) is 6.19. The molecule has 2 rings (SSSR count). The van der Waals surface area contributed by atoms with Crippen molar-refractivity contribution >= 4 is 27.8 Å². The summed E-state index contributed by atoms with van der Waals surface area (Å²) >= 11 is 3.35. The molecule has 1 saturated heterocycles. The van der Waals surface area contributed by atoms with Crippen molar-refractivity contribution in [3.63, 3.8) is 0 Å². The molecule has 102 valence electrons. The predicted octanol–water partition coefficient (Wildman–Crippen LogP) is 2.31. The van der Waals surface area contributed by atoms with Crippen molar-refractivity contribution in [2.24, 2.45) is 5.92 Å². The number of rotatable bonds is 3. The summed E-state index contributed by atoms with van der Waals surface area (Å²) in [5, 5.41) is 9.01. The zero-order valence-corrected chi connectivity index (χ0v) is 12.1. The van der Waals surface area contributed by atoms with Gasteiger partial charge in [-0.2, -0.15) is 0 Å². The van der Waals surface area contributed by atoms with Crippen LogP contribution in [0.4, 0.5) is 0 Å². The van der Waals surface area contributed by atoms with Crippen molar-refractivity contribution in [2.45, 2.75) is 19.3 Å². The first-order valence-electron chi connectivity index (χ1n) is 6.31. The number of carbonyl (C=O) groups excluding carboxylic acids is 1. The molecule has 0 spiro atoms. The molecule has 1 fully saturated rings. The molecule has 1 amide bonds. The van der Waals surface area contributed by atoms with E-state index >= 15 is 0 Å². The van der Waals surface area contributed by atoms with Crippen LogP contribution in [-0.4, -0.2) is 35.0 Å². The van der Waals surface area contributed by atoms with E-state index in [1.807, 2.05) is 24.3 Å². The van der Waals surface area contributed by atoms with Gasteiger partial charge in [0.25, 0.3) is 0 Å². The van der Waals surface area contributed by atoms with Crippen LogP contribution in [0.25, 0.3) is 0 Å². The highest BCUT2D eigenvalue weighted by molar-refractivity contribution is 9.10. The number of halogens is 1. The number of carbonyl (C=O) groups is 2. The van der Waals surface area contributed by atoms with Crippen LogP contribution in [0.2, 0.25) is 0 Å². The molecule has 1 aromatic rings. The van der Waals surface area contributed by atoms with Crippen LogP contribution >= 0.6 is 15.9 Å². The van der Waals surface area contributed by atoms with Crippen molar-refractivity contribution < 1.29 is 14.7 Å². The van der Waals surface area contributed by atoms with Crippen LogP contribution < -0.4 is 0 Å². The molecule has 5 heteroatoms. The minimum Gasteiger partial charge on any atom is -0.481 e. The van der Waals surface area contributed by atoms with E-state index in [0.29, 0.717) is 25.9 Å². The third-order valence-corrected chi connectivity index (χ3v) is 3.92. The summed E-state index contributed by atoms with van der Waals surface area (Å²) in [5.41, 5.74) is 0.950. The number of benzene rings is 1. The number of nitrogens with zero attached hydrogens (tertiary/aromatic N) is 1. The molecule has 0 aliphatic carbocycles. The molecule has 0 bridgehead atoms. The number of amides is 1. The topological polar surface area (TPSA) is 57.6 Å². The molecule has 19 heavy (non-hydrogen) atoms. The summed E-state index contributed by atoms with van der Waals surface area (Å²) in [6, 6.07) is 7.61. The molecule has 1 N–H and O–H groups in total. The monoisotopic (exact) mass is 325 g/mol. The van der Waals surface area contributed by atoms with Gasteiger partial charge in [-0.1, -0.05) is 28.1 Å². The minimum atomic E-state index is -0.804. The average molecular weight is 326 g/mol. The Balaban J connectivity index is 1.96. The van der Waals surface area contributed by atoms with Crippen molar-refractivity contribution in [3.8, 4) is 0 Å². The van der Waals surface area contributed by atoms with Gasteiger partial charge in [0.2, 0.25) is 5.91 Å². The number of hydrogen-bond acceptors (Lipinski definition) is 2. The molecule has 1 atom stereocenters. The van der Waals surface area contributed by atoms with Gasteiger partial charge in [0.15, 0.2) is 0 Å². The van der Waals surface area contributed by atoms with Gasteiger partial charge in [-0.15, -0.1) is 0 Å². The quantitative estimate of drug-likeness (QED) is 0.927. The highest BCUT2D eigenvalue weighted by Gasteiger charge is 2.27. The van der Waals surface area contributed by atoms with E-state index in [2.05, 4.69) is 15.9 Å². The molecule has 1 heterocycles. The standard InChI is InChI=1S/C14H16BrNO3/c15-12-5-3-10(4-6-12)8-13(17)16-7-1-2-11(9-16)14(18)19/h3-6,11H,1-2,7-9H2,(H,18,19)/t11-/m1/s1. The number of carboxylic acid groups (broad SMARTS) is 1. The first-order valence-corrected chi connectivity index (χ1v) is 7.10. The van der Waals surface area contributed by atoms with E-state index in [9.17, 15) is 9.59 Å². The Labute approximate surface area is 120 Å². The molecular weight excluding hydrogens is 310 g/mol. The van der Waals surface area contributed by atoms with Gasteiger partial charge < -0.3 is 10.0 Å². The van der Waals surface area contributed by atoms with Crippen LogP contribution in [-0.2, 0) is 16.0 Å². The largest absolute Gasteiger partial charge is 0.481 e. The first-order chi connectivity index (χ1) is 9.06. The smallest absolute Gasteiger partial charge is 0.308 e. The Morgan fingerprint density at radius 1 is 1.32 bits per heavy atom. The number of likely N-dealkylation sites (tertiary alicyclic amines) is 1. The Bertz CT molecular complexity index is 472. The van der Waals surface area contributed by atoms with E-state index in [0.717, 1.165) is 16.5 Å². The molecule has 0 saturated carbocycles. The Morgan fingerprint density at radius 2 is 2.00 bits per heavy atom. The van der Waals surface area contributed by atoms with Crippen LogP contribution in [0.1, 0.15) is 18.4 Å². The van der Waals surface area contributed by atoms with Crippen molar-refractivity contribution in [1.29, 1.82) is 0 Å². The van der Waals surface area contributed by atoms with Gasteiger partial charge in [0, 0.05) is 17.6 Å². The van der Waals surface area contributed by atoms with Gasteiger partial charge >= 0.3 is 5.97 Å². The summed E-state index contributed by atoms with van der Waals surface area (Å²) < 4.78 is 0.979. The molecular formula is C14H16BrNO3. The second-order valence-electron chi connectivity index (χ2n) is 4.82. The summed E-state index contributed by atoms with van der Waals surface area (Å²) in [6.45, 7) is 1.00. The summed E-state index contributed by atoms with van der Waals surface area (Å²) in [4.78, 5) is 24.8. The fourth-order valence-electron chi connectivity index (χ4n) is 2.29. The lowest BCUT2D eigenvalue weighted by Gasteiger charge is -2.30. The molecule has 4 nitrogen and oxygen atoms in total. The molecule has 0 aromatic heterocycles. The highest BCUT2D eigenvalue weighted by atomic mass is 79.9. The lowest BCUT2D eigenvalue weighted by atomic mass is 9.97. The predicted molar refractivity (Wildman–Crippen MR) is 74.8 cm³/mol. The molecule has 1 aromatic carbocycles. The van der Waals surface area contributed by atoms with Gasteiger partial charge in [0.1, 0.15) is 0 Å². The normalized spacial score (nSPS) is 19.2. The maximum absolute atomic E-state index is 12.1. The van der Waals surface area contributed by atoms with E-state index in [4.69, 9.17) is 5.11 Å². The first kappa shape index (κ1) is 14.1. The zero-order chi connectivity index (χ0) is 13.8. The van der Waals surface area contributed by atoms with Crippen LogP contribution in [0.15, 0.2) is 28.7 Å². The number of piperidine rings is 1.